The summed E-state index contributed by atoms with van der Waals surface area (Å²) < 4.78 is 0. The normalized spacial score (nSPS) is 10.7. The molecule has 19 heavy (non-hydrogen) atoms. The van der Waals surface area contributed by atoms with Crippen LogP contribution < -0.4 is 21.9 Å². The van der Waals surface area contributed by atoms with Crippen molar-refractivity contribution in [2.45, 2.75) is 26.3 Å². The molecule has 2 amide bonds. The molecule has 0 aromatic carbocycles. The molecule has 0 saturated carbocycles. The van der Waals surface area contributed by atoms with Crippen LogP contribution in [0, 0.1) is 0 Å². The molecule has 0 aliphatic heterocycles. The highest BCUT2D eigenvalue weighted by Crippen LogP contribution is 2.09. The molecule has 0 spiro atoms. The summed E-state index contributed by atoms with van der Waals surface area (Å²) in [6, 6.07) is 3.18. The highest BCUT2D eigenvalue weighted by molar-refractivity contribution is 6.00. The van der Waals surface area contributed by atoms with E-state index >= 15 is 0 Å². The van der Waals surface area contributed by atoms with Crippen molar-refractivity contribution in [2.24, 2.45) is 5.84 Å². The van der Waals surface area contributed by atoms with Gasteiger partial charge in [0.25, 0.3) is 5.91 Å². The SMILES string of the molecule is CC(C)(C)NC(=O)CNC(=O)c1cccnc1NN. The first-order chi connectivity index (χ1) is 8.83. The van der Waals surface area contributed by atoms with Gasteiger partial charge in [-0.1, -0.05) is 0 Å². The van der Waals surface area contributed by atoms with E-state index in [4.69, 9.17) is 5.84 Å². The summed E-state index contributed by atoms with van der Waals surface area (Å²) in [6.07, 6.45) is 1.51. The summed E-state index contributed by atoms with van der Waals surface area (Å²) in [5.74, 6) is 4.85. The fourth-order valence-electron chi connectivity index (χ4n) is 1.42. The van der Waals surface area contributed by atoms with Crippen LogP contribution in [0.15, 0.2) is 18.3 Å². The third-order valence-electron chi connectivity index (χ3n) is 2.11. The molecule has 0 atom stereocenters. The number of rotatable bonds is 4. The Morgan fingerprint density at radius 2 is 2.05 bits per heavy atom. The number of hydrazine groups is 1. The number of nitrogen functional groups attached to an aromatic ring is 1. The molecule has 1 aromatic rings. The lowest BCUT2D eigenvalue weighted by atomic mass is 10.1. The number of carbonyl (C=O) groups is 2. The molecule has 0 aliphatic carbocycles. The van der Waals surface area contributed by atoms with Crippen molar-refractivity contribution in [2.75, 3.05) is 12.0 Å². The highest BCUT2D eigenvalue weighted by atomic mass is 16.2. The van der Waals surface area contributed by atoms with Crippen LogP contribution in [0.3, 0.4) is 0 Å². The Labute approximate surface area is 111 Å². The number of nitrogens with two attached hydrogens (primary N) is 1. The van der Waals surface area contributed by atoms with Gasteiger partial charge in [0.15, 0.2) is 5.82 Å². The van der Waals surface area contributed by atoms with Gasteiger partial charge in [0.05, 0.1) is 12.1 Å². The first-order valence-electron chi connectivity index (χ1n) is 5.84. The summed E-state index contributed by atoms with van der Waals surface area (Å²) in [5, 5.41) is 5.25. The van der Waals surface area contributed by atoms with Crippen molar-refractivity contribution in [3.8, 4) is 0 Å². The number of nitrogens with zero attached hydrogens (tertiary/aromatic N) is 1. The van der Waals surface area contributed by atoms with Crippen molar-refractivity contribution in [1.82, 2.24) is 15.6 Å². The molecule has 0 fully saturated rings. The first kappa shape index (κ1) is 14.9. The van der Waals surface area contributed by atoms with Gasteiger partial charge in [-0.25, -0.2) is 10.8 Å². The summed E-state index contributed by atoms with van der Waals surface area (Å²) in [7, 11) is 0. The minimum absolute atomic E-state index is 0.102. The lowest BCUT2D eigenvalue weighted by Crippen LogP contribution is -2.45. The van der Waals surface area contributed by atoms with E-state index in [0.29, 0.717) is 0 Å². The Balaban J connectivity index is 2.59. The largest absolute Gasteiger partial charge is 0.350 e. The van der Waals surface area contributed by atoms with Gasteiger partial charge in [0, 0.05) is 11.7 Å². The molecule has 1 rings (SSSR count). The summed E-state index contributed by atoms with van der Waals surface area (Å²) in [6.45, 7) is 5.49. The standard InChI is InChI=1S/C12H19N5O2/c1-12(2,3)16-9(18)7-15-11(19)8-5-4-6-14-10(8)17-13/h4-6H,7,13H2,1-3H3,(H,14,17)(H,15,19)(H,16,18). The number of nitrogens with one attached hydrogen (secondary N) is 3. The van der Waals surface area contributed by atoms with Gasteiger partial charge >= 0.3 is 0 Å². The molecule has 7 nitrogen and oxygen atoms in total. The molecule has 1 aromatic heterocycles. The van der Waals surface area contributed by atoms with Gasteiger partial charge < -0.3 is 16.1 Å². The lowest BCUT2D eigenvalue weighted by Gasteiger charge is -2.20. The van der Waals surface area contributed by atoms with E-state index < -0.39 is 5.91 Å². The third kappa shape index (κ3) is 4.92. The Morgan fingerprint density at radius 1 is 1.37 bits per heavy atom. The van der Waals surface area contributed by atoms with E-state index in [1.807, 2.05) is 20.8 Å². The van der Waals surface area contributed by atoms with Crippen molar-refractivity contribution in [1.29, 1.82) is 0 Å². The summed E-state index contributed by atoms with van der Waals surface area (Å²) in [4.78, 5) is 27.3. The van der Waals surface area contributed by atoms with Crippen LogP contribution in [-0.4, -0.2) is 28.9 Å². The number of carbonyl (C=O) groups excluding carboxylic acids is 2. The van der Waals surface area contributed by atoms with E-state index in [0.717, 1.165) is 0 Å². The van der Waals surface area contributed by atoms with Gasteiger partial charge in [-0.3, -0.25) is 9.59 Å². The zero-order valence-electron chi connectivity index (χ0n) is 11.3. The Morgan fingerprint density at radius 3 is 2.63 bits per heavy atom. The quantitative estimate of drug-likeness (QED) is 0.453. The highest BCUT2D eigenvalue weighted by Gasteiger charge is 2.16. The van der Waals surface area contributed by atoms with E-state index in [1.165, 1.54) is 6.20 Å². The molecule has 7 heteroatoms. The molecule has 1 heterocycles. The van der Waals surface area contributed by atoms with Crippen LogP contribution in [-0.2, 0) is 4.79 Å². The van der Waals surface area contributed by atoms with Gasteiger partial charge in [-0.2, -0.15) is 0 Å². The van der Waals surface area contributed by atoms with Crippen LogP contribution >= 0.6 is 0 Å². The zero-order valence-corrected chi connectivity index (χ0v) is 11.3. The second-order valence-corrected chi connectivity index (χ2v) is 5.02. The number of hydrogen-bond donors (Lipinski definition) is 4. The van der Waals surface area contributed by atoms with Crippen LogP contribution in [0.5, 0.6) is 0 Å². The van der Waals surface area contributed by atoms with Crippen LogP contribution in [0.4, 0.5) is 5.82 Å². The number of hydrogen-bond acceptors (Lipinski definition) is 5. The maximum Gasteiger partial charge on any atom is 0.255 e. The van der Waals surface area contributed by atoms with E-state index in [-0.39, 0.29) is 29.4 Å². The summed E-state index contributed by atoms with van der Waals surface area (Å²) >= 11 is 0. The second kappa shape index (κ2) is 6.14. The summed E-state index contributed by atoms with van der Waals surface area (Å²) in [5.41, 5.74) is 2.28. The van der Waals surface area contributed by atoms with Crippen molar-refractivity contribution >= 4 is 17.6 Å². The minimum Gasteiger partial charge on any atom is -0.350 e. The van der Waals surface area contributed by atoms with E-state index in [1.54, 1.807) is 12.1 Å². The van der Waals surface area contributed by atoms with Gasteiger partial charge in [0.1, 0.15) is 0 Å². The number of pyridine rings is 1. The fraction of sp³-hybridized carbons (Fsp3) is 0.417. The molecule has 0 saturated heterocycles. The second-order valence-electron chi connectivity index (χ2n) is 5.02. The molecular weight excluding hydrogens is 246 g/mol. The van der Waals surface area contributed by atoms with Gasteiger partial charge in [-0.05, 0) is 32.9 Å². The predicted octanol–water partition coefficient (Wildman–Crippen LogP) is 0.0117. The maximum absolute atomic E-state index is 11.9. The Hall–Kier alpha value is -2.15. The first-order valence-corrected chi connectivity index (χ1v) is 5.84. The van der Waals surface area contributed by atoms with Gasteiger partial charge in [0.2, 0.25) is 5.91 Å². The zero-order chi connectivity index (χ0) is 14.5. The lowest BCUT2D eigenvalue weighted by molar-refractivity contribution is -0.121. The Kier molecular flexibility index (Phi) is 4.82. The topological polar surface area (TPSA) is 109 Å². The van der Waals surface area contributed by atoms with Crippen LogP contribution in [0.2, 0.25) is 0 Å². The number of amides is 2. The third-order valence-corrected chi connectivity index (χ3v) is 2.11. The monoisotopic (exact) mass is 265 g/mol. The minimum atomic E-state index is -0.412. The van der Waals surface area contributed by atoms with Crippen molar-refractivity contribution in [3.05, 3.63) is 23.9 Å². The molecule has 0 aliphatic rings. The van der Waals surface area contributed by atoms with Crippen LogP contribution in [0.25, 0.3) is 0 Å². The average Bonchev–Trinajstić information content (AvgIpc) is 2.33. The van der Waals surface area contributed by atoms with E-state index in [9.17, 15) is 9.59 Å². The number of anilines is 1. The molecule has 0 radical (unpaired) electrons. The predicted molar refractivity (Wildman–Crippen MR) is 72.3 cm³/mol. The van der Waals surface area contributed by atoms with Crippen molar-refractivity contribution in [3.63, 3.8) is 0 Å². The smallest absolute Gasteiger partial charge is 0.255 e. The average molecular weight is 265 g/mol. The molecular formula is C12H19N5O2. The Bertz CT molecular complexity index is 467. The molecule has 0 unspecified atom stereocenters. The van der Waals surface area contributed by atoms with E-state index in [2.05, 4.69) is 21.0 Å². The molecule has 104 valence electrons. The number of aromatic nitrogens is 1. The van der Waals surface area contributed by atoms with Gasteiger partial charge in [-0.15, -0.1) is 0 Å². The van der Waals surface area contributed by atoms with Crippen molar-refractivity contribution < 1.29 is 9.59 Å². The maximum atomic E-state index is 11.9. The van der Waals surface area contributed by atoms with Crippen LogP contribution in [0.1, 0.15) is 31.1 Å². The molecule has 5 N–H and O–H groups in total. The molecule has 0 bridgehead atoms. The fourth-order valence-corrected chi connectivity index (χ4v) is 1.42.